The topological polar surface area (TPSA) is 70.6 Å². The average Bonchev–Trinajstić information content (AvgIpc) is 2.80. The molecule has 1 fully saturated rings. The van der Waals surface area contributed by atoms with Gasteiger partial charge < -0.3 is 20.5 Å². The van der Waals surface area contributed by atoms with Crippen molar-refractivity contribution in [2.45, 2.75) is 57.6 Å². The number of urea groups is 1. The lowest BCUT2D eigenvalue weighted by Gasteiger charge is -2.28. The lowest BCUT2D eigenvalue weighted by molar-refractivity contribution is 0.0240. The minimum absolute atomic E-state index is 0.107. The van der Waals surface area contributed by atoms with Crippen molar-refractivity contribution in [1.82, 2.24) is 10.6 Å². The van der Waals surface area contributed by atoms with E-state index in [1.165, 1.54) is 0 Å². The summed E-state index contributed by atoms with van der Waals surface area (Å²) < 4.78 is 5.19. The first-order valence-electron chi connectivity index (χ1n) is 6.94. The number of hydrogen-bond donors (Lipinski definition) is 3. The summed E-state index contributed by atoms with van der Waals surface area (Å²) in [6.45, 7) is 5.68. The standard InChI is InChI=1S/C13H26N2O3/c1-3-6-13(17,7-4-2)10-14-12(16)15-11-5-8-18-9-11/h11,17H,3-10H2,1-2H3,(H2,14,15,16). The third-order valence-electron chi connectivity index (χ3n) is 3.27. The monoisotopic (exact) mass is 258 g/mol. The molecule has 5 nitrogen and oxygen atoms in total. The van der Waals surface area contributed by atoms with Gasteiger partial charge in [-0.2, -0.15) is 0 Å². The smallest absolute Gasteiger partial charge is 0.315 e. The number of nitrogens with one attached hydrogen (secondary N) is 2. The van der Waals surface area contributed by atoms with Gasteiger partial charge in [-0.3, -0.25) is 0 Å². The fourth-order valence-electron chi connectivity index (χ4n) is 2.36. The minimum atomic E-state index is -0.771. The zero-order valence-corrected chi connectivity index (χ0v) is 11.5. The number of carbonyl (C=O) groups excluding carboxylic acids is 1. The molecule has 0 aromatic heterocycles. The van der Waals surface area contributed by atoms with Crippen LogP contribution in [0.5, 0.6) is 0 Å². The maximum atomic E-state index is 11.7. The highest BCUT2D eigenvalue weighted by Gasteiger charge is 2.26. The van der Waals surface area contributed by atoms with Crippen LogP contribution in [0.25, 0.3) is 0 Å². The van der Waals surface area contributed by atoms with Gasteiger partial charge in [-0.15, -0.1) is 0 Å². The van der Waals surface area contributed by atoms with Crippen LogP contribution in [0.4, 0.5) is 4.79 Å². The van der Waals surface area contributed by atoms with Crippen molar-refractivity contribution < 1.29 is 14.6 Å². The van der Waals surface area contributed by atoms with Crippen LogP contribution >= 0.6 is 0 Å². The van der Waals surface area contributed by atoms with Crippen molar-refractivity contribution in [3.8, 4) is 0 Å². The van der Waals surface area contributed by atoms with Crippen molar-refractivity contribution in [2.75, 3.05) is 19.8 Å². The molecule has 1 rings (SSSR count). The Morgan fingerprint density at radius 3 is 2.56 bits per heavy atom. The number of ether oxygens (including phenoxy) is 1. The molecule has 0 bridgehead atoms. The van der Waals surface area contributed by atoms with E-state index in [0.717, 1.165) is 19.3 Å². The lowest BCUT2D eigenvalue weighted by Crippen LogP contribution is -2.48. The Morgan fingerprint density at radius 2 is 2.06 bits per heavy atom. The first-order chi connectivity index (χ1) is 8.59. The summed E-state index contributed by atoms with van der Waals surface area (Å²) >= 11 is 0. The molecule has 1 aliphatic rings. The predicted molar refractivity (Wildman–Crippen MR) is 70.5 cm³/mol. The van der Waals surface area contributed by atoms with E-state index in [-0.39, 0.29) is 12.1 Å². The highest BCUT2D eigenvalue weighted by Crippen LogP contribution is 2.18. The molecule has 0 aromatic rings. The molecule has 3 N–H and O–H groups in total. The molecule has 1 aliphatic heterocycles. The van der Waals surface area contributed by atoms with Crippen LogP contribution in [0.1, 0.15) is 46.0 Å². The number of hydrogen-bond acceptors (Lipinski definition) is 3. The molecule has 0 spiro atoms. The van der Waals surface area contributed by atoms with E-state index < -0.39 is 5.60 Å². The summed E-state index contributed by atoms with van der Waals surface area (Å²) in [5.41, 5.74) is -0.771. The molecule has 0 aliphatic carbocycles. The van der Waals surface area contributed by atoms with Crippen molar-refractivity contribution in [1.29, 1.82) is 0 Å². The number of aliphatic hydroxyl groups is 1. The third-order valence-corrected chi connectivity index (χ3v) is 3.27. The van der Waals surface area contributed by atoms with Crippen LogP contribution in [0.3, 0.4) is 0 Å². The van der Waals surface area contributed by atoms with Crippen molar-refractivity contribution >= 4 is 6.03 Å². The van der Waals surface area contributed by atoms with Gasteiger partial charge in [-0.1, -0.05) is 26.7 Å². The molecule has 5 heteroatoms. The maximum absolute atomic E-state index is 11.7. The normalized spacial score (nSPS) is 19.8. The van der Waals surface area contributed by atoms with E-state index >= 15 is 0 Å². The summed E-state index contributed by atoms with van der Waals surface area (Å²) in [6, 6.07) is -0.105. The quantitative estimate of drug-likeness (QED) is 0.646. The second-order valence-electron chi connectivity index (χ2n) is 5.11. The van der Waals surface area contributed by atoms with Gasteiger partial charge in [-0.25, -0.2) is 4.79 Å². The van der Waals surface area contributed by atoms with Crippen molar-refractivity contribution in [3.63, 3.8) is 0 Å². The van der Waals surface area contributed by atoms with Gasteiger partial charge in [-0.05, 0) is 19.3 Å². The number of rotatable bonds is 7. The highest BCUT2D eigenvalue weighted by atomic mass is 16.5. The second-order valence-corrected chi connectivity index (χ2v) is 5.11. The molecule has 0 radical (unpaired) electrons. The number of amides is 2. The van der Waals surface area contributed by atoms with E-state index in [2.05, 4.69) is 10.6 Å². The summed E-state index contributed by atoms with van der Waals surface area (Å²) in [7, 11) is 0. The number of carbonyl (C=O) groups is 1. The van der Waals surface area contributed by atoms with Crippen molar-refractivity contribution in [3.05, 3.63) is 0 Å². The van der Waals surface area contributed by atoms with Gasteiger partial charge in [0.05, 0.1) is 18.2 Å². The Kier molecular flexibility index (Phi) is 6.43. The Labute approximate surface area is 109 Å². The Morgan fingerprint density at radius 1 is 1.39 bits per heavy atom. The summed E-state index contributed by atoms with van der Waals surface area (Å²) in [6.07, 6.45) is 4.12. The Hall–Kier alpha value is -0.810. The second kappa shape index (κ2) is 7.59. The van der Waals surface area contributed by atoms with E-state index in [0.29, 0.717) is 32.6 Å². The molecule has 2 amide bonds. The molecule has 1 atom stereocenters. The van der Waals surface area contributed by atoms with Crippen molar-refractivity contribution in [2.24, 2.45) is 0 Å². The highest BCUT2D eigenvalue weighted by molar-refractivity contribution is 5.74. The van der Waals surface area contributed by atoms with Gasteiger partial charge in [0.1, 0.15) is 0 Å². The summed E-state index contributed by atoms with van der Waals surface area (Å²) in [5.74, 6) is 0. The van der Waals surface area contributed by atoms with Crippen LogP contribution in [-0.2, 0) is 4.74 Å². The van der Waals surface area contributed by atoms with Gasteiger partial charge in [0.25, 0.3) is 0 Å². The molecule has 0 saturated carbocycles. The van der Waals surface area contributed by atoms with E-state index in [4.69, 9.17) is 4.74 Å². The molecule has 0 aromatic carbocycles. The van der Waals surface area contributed by atoms with Crippen LogP contribution in [0.2, 0.25) is 0 Å². The van der Waals surface area contributed by atoms with Gasteiger partial charge in [0.15, 0.2) is 0 Å². The van der Waals surface area contributed by atoms with Gasteiger partial charge in [0, 0.05) is 13.2 Å². The Bertz CT molecular complexity index is 247. The molecule has 1 saturated heterocycles. The third kappa shape index (κ3) is 5.23. The van der Waals surface area contributed by atoms with Crippen LogP contribution in [-0.4, -0.2) is 42.5 Å². The molecule has 1 heterocycles. The fourth-order valence-corrected chi connectivity index (χ4v) is 2.36. The van der Waals surface area contributed by atoms with Crippen LogP contribution < -0.4 is 10.6 Å². The molecular formula is C13H26N2O3. The van der Waals surface area contributed by atoms with E-state index in [1.54, 1.807) is 0 Å². The molecule has 106 valence electrons. The zero-order chi connectivity index (χ0) is 13.4. The van der Waals surface area contributed by atoms with Gasteiger partial charge in [0.2, 0.25) is 0 Å². The SMILES string of the molecule is CCCC(O)(CCC)CNC(=O)NC1CCOC1. The minimum Gasteiger partial charge on any atom is -0.388 e. The zero-order valence-electron chi connectivity index (χ0n) is 11.5. The van der Waals surface area contributed by atoms with Crippen LogP contribution in [0, 0.1) is 0 Å². The van der Waals surface area contributed by atoms with Gasteiger partial charge >= 0.3 is 6.03 Å². The molecule has 1 unspecified atom stereocenters. The van der Waals surface area contributed by atoms with E-state index in [9.17, 15) is 9.90 Å². The van der Waals surface area contributed by atoms with Crippen LogP contribution in [0.15, 0.2) is 0 Å². The molecule has 18 heavy (non-hydrogen) atoms. The summed E-state index contributed by atoms with van der Waals surface area (Å²) in [5, 5.41) is 16.0. The van der Waals surface area contributed by atoms with E-state index in [1.807, 2.05) is 13.8 Å². The fraction of sp³-hybridized carbons (Fsp3) is 0.923. The lowest BCUT2D eigenvalue weighted by atomic mass is 9.93. The molecular weight excluding hydrogens is 232 g/mol. The summed E-state index contributed by atoms with van der Waals surface area (Å²) in [4.78, 5) is 11.7. The predicted octanol–water partition coefficient (Wildman–Crippen LogP) is 1.41. The average molecular weight is 258 g/mol. The Balaban J connectivity index is 2.29. The first kappa shape index (κ1) is 15.2. The first-order valence-corrected chi connectivity index (χ1v) is 6.94. The largest absolute Gasteiger partial charge is 0.388 e. The maximum Gasteiger partial charge on any atom is 0.315 e.